The molecule has 2 amide bonds. The van der Waals surface area contributed by atoms with Gasteiger partial charge in [0.05, 0.1) is 29.8 Å². The third-order valence-electron chi connectivity index (χ3n) is 5.12. The number of anilines is 1. The first-order valence-corrected chi connectivity index (χ1v) is 11.6. The Labute approximate surface area is 205 Å². The summed E-state index contributed by atoms with van der Waals surface area (Å²) in [4.78, 5) is 41.9. The zero-order chi connectivity index (χ0) is 24.6. The van der Waals surface area contributed by atoms with Gasteiger partial charge in [0, 0.05) is 5.56 Å². The molecule has 0 saturated heterocycles. The Morgan fingerprint density at radius 1 is 0.971 bits per heavy atom. The lowest BCUT2D eigenvalue weighted by Gasteiger charge is -2.18. The van der Waals surface area contributed by atoms with Crippen LogP contribution in [0.1, 0.15) is 28.4 Å². The molecule has 0 radical (unpaired) electrons. The van der Waals surface area contributed by atoms with Gasteiger partial charge in [-0.25, -0.2) is 4.98 Å². The Bertz CT molecular complexity index is 1320. The number of ether oxygens (including phenoxy) is 2. The molecule has 4 rings (SSSR count). The van der Waals surface area contributed by atoms with Crippen molar-refractivity contribution in [2.24, 2.45) is 0 Å². The number of fused-ring (bicyclic) bond motifs is 1. The molecule has 3 aromatic carbocycles. The summed E-state index contributed by atoms with van der Waals surface area (Å²) in [6.45, 7) is -0.466. The number of rotatable bonds is 9. The number of aromatic nitrogens is 1. The van der Waals surface area contributed by atoms with Crippen LogP contribution in [0.25, 0.3) is 10.2 Å². The van der Waals surface area contributed by atoms with E-state index in [1.54, 1.807) is 43.5 Å². The molecular formula is C26H23N3O5S. The molecule has 0 aliphatic heterocycles. The topological polar surface area (TPSA) is 107 Å². The molecule has 0 unspecified atom stereocenters. The molecule has 0 fully saturated rings. The number of nitrogens with one attached hydrogen (secondary N) is 2. The average Bonchev–Trinajstić information content (AvgIpc) is 3.29. The molecule has 35 heavy (non-hydrogen) atoms. The highest BCUT2D eigenvalue weighted by Gasteiger charge is 2.21. The second-order valence-electron chi connectivity index (χ2n) is 7.57. The number of hydrogen-bond donors (Lipinski definition) is 2. The van der Waals surface area contributed by atoms with Gasteiger partial charge < -0.3 is 14.8 Å². The molecule has 8 nitrogen and oxygen atoms in total. The molecule has 1 atom stereocenters. The Morgan fingerprint density at radius 3 is 2.40 bits per heavy atom. The minimum absolute atomic E-state index is 0.128. The predicted molar refractivity (Wildman–Crippen MR) is 133 cm³/mol. The number of esters is 1. The van der Waals surface area contributed by atoms with Gasteiger partial charge in [-0.15, -0.1) is 0 Å². The third-order valence-corrected chi connectivity index (χ3v) is 6.05. The summed E-state index contributed by atoms with van der Waals surface area (Å²) < 4.78 is 11.2. The van der Waals surface area contributed by atoms with Gasteiger partial charge in [-0.05, 0) is 35.9 Å². The van der Waals surface area contributed by atoms with Crippen molar-refractivity contribution in [1.82, 2.24) is 10.3 Å². The molecule has 178 valence electrons. The number of carbonyl (C=O) groups is 3. The largest absolute Gasteiger partial charge is 0.497 e. The monoisotopic (exact) mass is 489 g/mol. The number of methoxy groups -OCH3 is 1. The van der Waals surface area contributed by atoms with E-state index in [-0.39, 0.29) is 12.3 Å². The molecule has 4 aromatic rings. The van der Waals surface area contributed by atoms with E-state index < -0.39 is 24.5 Å². The molecule has 0 bridgehead atoms. The lowest BCUT2D eigenvalue weighted by Crippen LogP contribution is -2.31. The Morgan fingerprint density at radius 2 is 1.69 bits per heavy atom. The normalized spacial score (nSPS) is 11.5. The van der Waals surface area contributed by atoms with Crippen LogP contribution in [-0.2, 0) is 14.3 Å². The van der Waals surface area contributed by atoms with Gasteiger partial charge in [-0.3, -0.25) is 19.7 Å². The standard InChI is InChI=1S/C26H23N3O5S/c1-33-19-12-13-20-22(14-19)35-26(28-20)29-23(30)16-34-24(31)15-21(17-8-4-2-5-9-17)27-25(32)18-10-6-3-7-11-18/h2-14,21H,15-16H2,1H3,(H,27,32)(H,28,29,30)/t21-/m1/s1. The number of benzene rings is 3. The van der Waals surface area contributed by atoms with Crippen molar-refractivity contribution in [1.29, 1.82) is 0 Å². The van der Waals surface area contributed by atoms with Crippen LogP contribution in [0.5, 0.6) is 5.75 Å². The van der Waals surface area contributed by atoms with E-state index in [4.69, 9.17) is 9.47 Å². The van der Waals surface area contributed by atoms with E-state index in [1.807, 2.05) is 42.5 Å². The van der Waals surface area contributed by atoms with Gasteiger partial charge in [-0.2, -0.15) is 0 Å². The number of thiazole rings is 1. The molecule has 0 aliphatic carbocycles. The second-order valence-corrected chi connectivity index (χ2v) is 8.60. The fourth-order valence-corrected chi connectivity index (χ4v) is 4.29. The summed E-state index contributed by atoms with van der Waals surface area (Å²) in [5.41, 5.74) is 1.96. The zero-order valence-corrected chi connectivity index (χ0v) is 19.7. The summed E-state index contributed by atoms with van der Waals surface area (Å²) >= 11 is 1.29. The van der Waals surface area contributed by atoms with Crippen LogP contribution in [0.3, 0.4) is 0 Å². The van der Waals surface area contributed by atoms with Gasteiger partial charge >= 0.3 is 5.97 Å². The van der Waals surface area contributed by atoms with Crippen LogP contribution in [0.2, 0.25) is 0 Å². The second kappa shape index (κ2) is 11.3. The molecule has 0 saturated carbocycles. The molecule has 1 heterocycles. The zero-order valence-electron chi connectivity index (χ0n) is 18.9. The first-order valence-electron chi connectivity index (χ1n) is 10.8. The fraction of sp³-hybridized carbons (Fsp3) is 0.154. The van der Waals surface area contributed by atoms with Crippen molar-refractivity contribution < 1.29 is 23.9 Å². The highest BCUT2D eigenvalue weighted by atomic mass is 32.1. The fourth-order valence-electron chi connectivity index (χ4n) is 3.38. The van der Waals surface area contributed by atoms with E-state index in [2.05, 4.69) is 15.6 Å². The summed E-state index contributed by atoms with van der Waals surface area (Å²) in [6, 6.07) is 22.7. The SMILES string of the molecule is COc1ccc2nc(NC(=O)COC(=O)C[C@@H](NC(=O)c3ccccc3)c3ccccc3)sc2c1. The third kappa shape index (κ3) is 6.42. The maximum atomic E-state index is 12.7. The minimum atomic E-state index is -0.614. The minimum Gasteiger partial charge on any atom is -0.497 e. The molecule has 0 aliphatic rings. The lowest BCUT2D eigenvalue weighted by molar-refractivity contribution is -0.147. The maximum absolute atomic E-state index is 12.7. The summed E-state index contributed by atoms with van der Waals surface area (Å²) in [6.07, 6.45) is -0.128. The maximum Gasteiger partial charge on any atom is 0.308 e. The Kier molecular flexibility index (Phi) is 7.69. The first-order chi connectivity index (χ1) is 17.0. The molecule has 2 N–H and O–H groups in total. The summed E-state index contributed by atoms with van der Waals surface area (Å²) in [5.74, 6) is -0.733. The van der Waals surface area contributed by atoms with Gasteiger partial charge in [0.15, 0.2) is 11.7 Å². The van der Waals surface area contributed by atoms with Crippen molar-refractivity contribution in [3.05, 3.63) is 90.0 Å². The molecule has 0 spiro atoms. The van der Waals surface area contributed by atoms with E-state index in [0.29, 0.717) is 16.4 Å². The van der Waals surface area contributed by atoms with Crippen molar-refractivity contribution in [3.8, 4) is 5.75 Å². The Balaban J connectivity index is 1.35. The number of amides is 2. The van der Waals surface area contributed by atoms with E-state index in [9.17, 15) is 14.4 Å². The van der Waals surface area contributed by atoms with E-state index >= 15 is 0 Å². The number of hydrogen-bond acceptors (Lipinski definition) is 7. The first kappa shape index (κ1) is 23.9. The summed E-state index contributed by atoms with van der Waals surface area (Å²) in [7, 11) is 1.58. The van der Waals surface area contributed by atoms with Crippen molar-refractivity contribution >= 4 is 44.5 Å². The van der Waals surface area contributed by atoms with Crippen molar-refractivity contribution in [2.45, 2.75) is 12.5 Å². The highest BCUT2D eigenvalue weighted by molar-refractivity contribution is 7.22. The van der Waals surface area contributed by atoms with Crippen LogP contribution < -0.4 is 15.4 Å². The van der Waals surface area contributed by atoms with Crippen LogP contribution in [0.4, 0.5) is 5.13 Å². The van der Waals surface area contributed by atoms with Crippen molar-refractivity contribution in [3.63, 3.8) is 0 Å². The lowest BCUT2D eigenvalue weighted by atomic mass is 10.0. The molecule has 1 aromatic heterocycles. The van der Waals surface area contributed by atoms with E-state index in [1.165, 1.54) is 11.3 Å². The van der Waals surface area contributed by atoms with E-state index in [0.717, 1.165) is 15.8 Å². The Hall–Kier alpha value is -4.24. The van der Waals surface area contributed by atoms with Gasteiger partial charge in [0.2, 0.25) is 0 Å². The van der Waals surface area contributed by atoms with Gasteiger partial charge in [0.1, 0.15) is 5.75 Å². The van der Waals surface area contributed by atoms with Crippen LogP contribution in [0, 0.1) is 0 Å². The molecule has 9 heteroatoms. The summed E-state index contributed by atoms with van der Waals surface area (Å²) in [5, 5.41) is 5.91. The van der Waals surface area contributed by atoms with Gasteiger partial charge in [-0.1, -0.05) is 59.9 Å². The van der Waals surface area contributed by atoms with Crippen molar-refractivity contribution in [2.75, 3.05) is 19.0 Å². The smallest absolute Gasteiger partial charge is 0.308 e. The highest BCUT2D eigenvalue weighted by Crippen LogP contribution is 2.29. The van der Waals surface area contributed by atoms with Crippen LogP contribution >= 0.6 is 11.3 Å². The number of carbonyl (C=O) groups excluding carboxylic acids is 3. The van der Waals surface area contributed by atoms with Crippen LogP contribution in [0.15, 0.2) is 78.9 Å². The van der Waals surface area contributed by atoms with Gasteiger partial charge in [0.25, 0.3) is 11.8 Å². The predicted octanol–water partition coefficient (Wildman–Crippen LogP) is 4.35. The van der Waals surface area contributed by atoms with Crippen LogP contribution in [-0.4, -0.2) is 36.5 Å². The average molecular weight is 490 g/mol. The quantitative estimate of drug-likeness (QED) is 0.339. The number of nitrogens with zero attached hydrogens (tertiary/aromatic N) is 1. The molecular weight excluding hydrogens is 466 g/mol.